The summed E-state index contributed by atoms with van der Waals surface area (Å²) in [6.45, 7) is 2.86. The van der Waals surface area contributed by atoms with Gasteiger partial charge in [-0.3, -0.25) is 4.79 Å². The molecule has 0 radical (unpaired) electrons. The smallest absolute Gasteiger partial charge is 0.251 e. The molecule has 0 aliphatic carbocycles. The fourth-order valence-electron chi connectivity index (χ4n) is 2.58. The first-order valence-electron chi connectivity index (χ1n) is 8.01. The third kappa shape index (κ3) is 4.31. The highest BCUT2D eigenvalue weighted by Crippen LogP contribution is 2.20. The monoisotopic (exact) mass is 340 g/mol. The number of aliphatic hydroxyl groups excluding tert-OH is 1. The van der Waals surface area contributed by atoms with E-state index in [4.69, 9.17) is 5.11 Å². The summed E-state index contributed by atoms with van der Waals surface area (Å²) < 4.78 is 26.6. The van der Waals surface area contributed by atoms with Gasteiger partial charge in [0.05, 0.1) is 17.5 Å². The Morgan fingerprint density at radius 3 is 2.35 bits per heavy atom. The number of piperidine rings is 1. The summed E-state index contributed by atoms with van der Waals surface area (Å²) in [5.41, 5.74) is 0.384. The van der Waals surface area contributed by atoms with Crippen LogP contribution in [0.5, 0.6) is 0 Å². The second-order valence-electron chi connectivity index (χ2n) is 5.75. The van der Waals surface area contributed by atoms with Crippen LogP contribution in [0.4, 0.5) is 0 Å². The number of rotatable bonds is 6. The summed E-state index contributed by atoms with van der Waals surface area (Å²) in [6.07, 6.45) is 3.47. The molecule has 2 N–H and O–H groups in total. The number of nitrogens with zero attached hydrogens (tertiary/aromatic N) is 1. The van der Waals surface area contributed by atoms with Crippen molar-refractivity contribution in [3.05, 3.63) is 29.8 Å². The minimum absolute atomic E-state index is 0.121. The van der Waals surface area contributed by atoms with E-state index < -0.39 is 10.0 Å². The van der Waals surface area contributed by atoms with Crippen molar-refractivity contribution in [3.8, 4) is 0 Å². The molecule has 23 heavy (non-hydrogen) atoms. The molecule has 1 atom stereocenters. The van der Waals surface area contributed by atoms with Gasteiger partial charge in [-0.25, -0.2) is 8.42 Å². The van der Waals surface area contributed by atoms with Crippen LogP contribution in [0, 0.1) is 0 Å². The van der Waals surface area contributed by atoms with Gasteiger partial charge in [0, 0.05) is 18.7 Å². The summed E-state index contributed by atoms with van der Waals surface area (Å²) in [5, 5.41) is 11.8. The third-order valence-electron chi connectivity index (χ3n) is 4.12. The van der Waals surface area contributed by atoms with Gasteiger partial charge in [-0.15, -0.1) is 0 Å². The lowest BCUT2D eigenvalue weighted by Crippen LogP contribution is -2.37. The number of hydrogen-bond donors (Lipinski definition) is 2. The molecule has 1 amide bonds. The zero-order valence-corrected chi connectivity index (χ0v) is 14.2. The second-order valence-corrected chi connectivity index (χ2v) is 7.69. The molecule has 1 aromatic rings. The summed E-state index contributed by atoms with van der Waals surface area (Å²) in [7, 11) is -3.48. The Bertz CT molecular complexity index is 618. The summed E-state index contributed by atoms with van der Waals surface area (Å²) >= 11 is 0. The van der Waals surface area contributed by atoms with Crippen molar-refractivity contribution in [2.75, 3.05) is 19.7 Å². The number of aliphatic hydroxyl groups is 1. The van der Waals surface area contributed by atoms with Crippen LogP contribution >= 0.6 is 0 Å². The Balaban J connectivity index is 2.11. The topological polar surface area (TPSA) is 86.7 Å². The summed E-state index contributed by atoms with van der Waals surface area (Å²) in [5.74, 6) is -0.312. The molecule has 7 heteroatoms. The molecule has 1 aliphatic rings. The molecular formula is C16H24N2O4S. The maximum Gasteiger partial charge on any atom is 0.251 e. The van der Waals surface area contributed by atoms with Gasteiger partial charge in [-0.2, -0.15) is 4.31 Å². The van der Waals surface area contributed by atoms with Gasteiger partial charge in [-0.05, 0) is 43.5 Å². The Kier molecular flexibility index (Phi) is 6.15. The van der Waals surface area contributed by atoms with Crippen molar-refractivity contribution in [3.63, 3.8) is 0 Å². The number of amides is 1. The molecule has 1 fully saturated rings. The van der Waals surface area contributed by atoms with Gasteiger partial charge < -0.3 is 10.4 Å². The van der Waals surface area contributed by atoms with Gasteiger partial charge in [0.15, 0.2) is 0 Å². The van der Waals surface area contributed by atoms with E-state index in [-0.39, 0.29) is 23.5 Å². The van der Waals surface area contributed by atoms with Crippen LogP contribution in [0.2, 0.25) is 0 Å². The average molecular weight is 340 g/mol. The first-order valence-corrected chi connectivity index (χ1v) is 9.45. The normalized spacial score (nSPS) is 17.7. The van der Waals surface area contributed by atoms with E-state index in [1.54, 1.807) is 0 Å². The van der Waals surface area contributed by atoms with Gasteiger partial charge in [0.25, 0.3) is 5.91 Å². The van der Waals surface area contributed by atoms with Crippen molar-refractivity contribution in [1.82, 2.24) is 9.62 Å². The molecule has 1 unspecified atom stereocenters. The van der Waals surface area contributed by atoms with Gasteiger partial charge in [-0.1, -0.05) is 13.3 Å². The van der Waals surface area contributed by atoms with Crippen molar-refractivity contribution in [1.29, 1.82) is 0 Å². The molecule has 6 nitrogen and oxygen atoms in total. The molecule has 1 aliphatic heterocycles. The second kappa shape index (κ2) is 7.90. The van der Waals surface area contributed by atoms with Crippen LogP contribution < -0.4 is 5.32 Å². The lowest BCUT2D eigenvalue weighted by Gasteiger charge is -2.25. The number of benzene rings is 1. The Labute approximate surface area is 137 Å². The first-order chi connectivity index (χ1) is 11.0. The number of sulfonamides is 1. The van der Waals surface area contributed by atoms with Gasteiger partial charge in [0.1, 0.15) is 0 Å². The van der Waals surface area contributed by atoms with E-state index in [0.29, 0.717) is 25.1 Å². The molecule has 1 heterocycles. The maximum absolute atomic E-state index is 12.5. The van der Waals surface area contributed by atoms with Crippen molar-refractivity contribution in [2.24, 2.45) is 0 Å². The first kappa shape index (κ1) is 17.9. The molecule has 0 spiro atoms. The molecule has 128 valence electrons. The van der Waals surface area contributed by atoms with Crippen molar-refractivity contribution in [2.45, 2.75) is 43.5 Å². The SMILES string of the molecule is CCC(CO)NC(=O)c1ccc(S(=O)(=O)N2CCCCC2)cc1. The van der Waals surface area contributed by atoms with E-state index in [0.717, 1.165) is 19.3 Å². The molecule has 1 aromatic carbocycles. The maximum atomic E-state index is 12.5. The van der Waals surface area contributed by atoms with Crippen LogP contribution in [-0.2, 0) is 10.0 Å². The van der Waals surface area contributed by atoms with E-state index in [1.165, 1.54) is 28.6 Å². The van der Waals surface area contributed by atoms with E-state index >= 15 is 0 Å². The van der Waals surface area contributed by atoms with Crippen LogP contribution in [0.15, 0.2) is 29.2 Å². The number of carbonyl (C=O) groups is 1. The average Bonchev–Trinajstić information content (AvgIpc) is 2.60. The van der Waals surface area contributed by atoms with Gasteiger partial charge in [0.2, 0.25) is 10.0 Å². The van der Waals surface area contributed by atoms with Gasteiger partial charge >= 0.3 is 0 Å². The molecule has 0 bridgehead atoms. The predicted octanol–water partition coefficient (Wildman–Crippen LogP) is 1.36. The van der Waals surface area contributed by atoms with Crippen molar-refractivity contribution >= 4 is 15.9 Å². The van der Waals surface area contributed by atoms with Crippen LogP contribution in [0.3, 0.4) is 0 Å². The molecule has 0 aromatic heterocycles. The lowest BCUT2D eigenvalue weighted by molar-refractivity contribution is 0.0915. The molecule has 2 rings (SSSR count). The number of carbonyl (C=O) groups excluding carboxylic acids is 1. The van der Waals surface area contributed by atoms with Crippen LogP contribution in [0.1, 0.15) is 43.0 Å². The molecule has 0 saturated carbocycles. The number of hydrogen-bond acceptors (Lipinski definition) is 4. The Hall–Kier alpha value is -1.44. The lowest BCUT2D eigenvalue weighted by atomic mass is 10.2. The molecular weight excluding hydrogens is 316 g/mol. The highest BCUT2D eigenvalue weighted by Gasteiger charge is 2.26. The van der Waals surface area contributed by atoms with E-state index in [1.807, 2.05) is 6.92 Å². The summed E-state index contributed by atoms with van der Waals surface area (Å²) in [6, 6.07) is 5.67. The molecule has 1 saturated heterocycles. The number of nitrogens with one attached hydrogen (secondary N) is 1. The minimum Gasteiger partial charge on any atom is -0.394 e. The highest BCUT2D eigenvalue weighted by atomic mass is 32.2. The quantitative estimate of drug-likeness (QED) is 0.819. The highest BCUT2D eigenvalue weighted by molar-refractivity contribution is 7.89. The minimum atomic E-state index is -3.48. The fourth-order valence-corrected chi connectivity index (χ4v) is 4.10. The van der Waals surface area contributed by atoms with Crippen molar-refractivity contribution < 1.29 is 18.3 Å². The predicted molar refractivity (Wildman–Crippen MR) is 87.7 cm³/mol. The van der Waals surface area contributed by atoms with Crippen LogP contribution in [0.25, 0.3) is 0 Å². The zero-order chi connectivity index (χ0) is 16.9. The summed E-state index contributed by atoms with van der Waals surface area (Å²) in [4.78, 5) is 12.3. The Morgan fingerprint density at radius 1 is 1.22 bits per heavy atom. The standard InChI is InChI=1S/C16H24N2O4S/c1-2-14(12-19)17-16(20)13-6-8-15(9-7-13)23(21,22)18-10-4-3-5-11-18/h6-9,14,19H,2-5,10-12H2,1H3,(H,17,20). The van der Waals surface area contributed by atoms with E-state index in [2.05, 4.69) is 5.32 Å². The zero-order valence-electron chi connectivity index (χ0n) is 13.4. The largest absolute Gasteiger partial charge is 0.394 e. The van der Waals surface area contributed by atoms with Crippen LogP contribution in [-0.4, -0.2) is 49.5 Å². The third-order valence-corrected chi connectivity index (χ3v) is 6.03. The Morgan fingerprint density at radius 2 is 1.83 bits per heavy atom. The fraction of sp³-hybridized carbons (Fsp3) is 0.562. The van der Waals surface area contributed by atoms with E-state index in [9.17, 15) is 13.2 Å².